The van der Waals surface area contributed by atoms with Gasteiger partial charge in [-0.25, -0.2) is 0 Å². The number of hydrogen-bond acceptors (Lipinski definition) is 3. The van der Waals surface area contributed by atoms with Crippen LogP contribution in [0.25, 0.3) is 11.0 Å². The summed E-state index contributed by atoms with van der Waals surface area (Å²) >= 11 is 0. The summed E-state index contributed by atoms with van der Waals surface area (Å²) in [6, 6.07) is 7.52. The first-order chi connectivity index (χ1) is 6.27. The summed E-state index contributed by atoms with van der Waals surface area (Å²) in [6.45, 7) is 0. The highest BCUT2D eigenvalue weighted by molar-refractivity contribution is 6.40. The highest BCUT2D eigenvalue weighted by Crippen LogP contribution is 2.20. The van der Waals surface area contributed by atoms with Crippen molar-refractivity contribution in [1.82, 2.24) is 0 Å². The molecule has 1 aromatic carbocycles. The summed E-state index contributed by atoms with van der Waals surface area (Å²) in [5.41, 5.74) is 1.60. The van der Waals surface area contributed by atoms with E-state index in [1.54, 1.807) is 6.26 Å². The number of furan rings is 1. The fourth-order valence-corrected chi connectivity index (χ4v) is 1.39. The number of fused-ring (bicyclic) bond motifs is 1. The van der Waals surface area contributed by atoms with Gasteiger partial charge in [0.15, 0.2) is 0 Å². The van der Waals surface area contributed by atoms with Crippen molar-refractivity contribution in [2.45, 2.75) is 6.32 Å². The molecule has 0 aliphatic carbocycles. The van der Waals surface area contributed by atoms with Crippen molar-refractivity contribution in [3.8, 4) is 0 Å². The standard InChI is InChI=1S/C9H9BO3/c11-10(12)5-7-6-13-9-4-2-1-3-8(7)9/h1-4,6,11-12H,5H2. The Bertz CT molecular complexity index is 408. The average molecular weight is 176 g/mol. The molecule has 0 amide bonds. The Morgan fingerprint density at radius 2 is 2.00 bits per heavy atom. The van der Waals surface area contributed by atoms with Gasteiger partial charge in [0.1, 0.15) is 5.58 Å². The van der Waals surface area contributed by atoms with Crippen molar-refractivity contribution in [3.63, 3.8) is 0 Å². The van der Waals surface area contributed by atoms with Crippen molar-refractivity contribution < 1.29 is 14.5 Å². The molecule has 0 spiro atoms. The average Bonchev–Trinajstić information content (AvgIpc) is 2.48. The quantitative estimate of drug-likeness (QED) is 0.670. The fraction of sp³-hybridized carbons (Fsp3) is 0.111. The van der Waals surface area contributed by atoms with E-state index in [2.05, 4.69) is 0 Å². The molecule has 2 rings (SSSR count). The van der Waals surface area contributed by atoms with Gasteiger partial charge < -0.3 is 14.5 Å². The summed E-state index contributed by atoms with van der Waals surface area (Å²) in [4.78, 5) is 0. The minimum atomic E-state index is -1.32. The Morgan fingerprint density at radius 1 is 1.23 bits per heavy atom. The van der Waals surface area contributed by atoms with Gasteiger partial charge in [-0.1, -0.05) is 18.2 Å². The lowest BCUT2D eigenvalue weighted by molar-refractivity contribution is 0.405. The first-order valence-electron chi connectivity index (χ1n) is 4.08. The van der Waals surface area contributed by atoms with E-state index in [1.165, 1.54) is 0 Å². The Morgan fingerprint density at radius 3 is 2.77 bits per heavy atom. The lowest BCUT2D eigenvalue weighted by Crippen LogP contribution is -2.14. The number of benzene rings is 1. The van der Waals surface area contributed by atoms with Crippen LogP contribution in [0.5, 0.6) is 0 Å². The van der Waals surface area contributed by atoms with Crippen molar-refractivity contribution in [3.05, 3.63) is 36.1 Å². The maximum Gasteiger partial charge on any atom is 0.456 e. The summed E-state index contributed by atoms with van der Waals surface area (Å²) < 4.78 is 5.23. The van der Waals surface area contributed by atoms with Gasteiger partial charge in [0.05, 0.1) is 6.26 Å². The molecule has 0 saturated heterocycles. The molecule has 0 unspecified atom stereocenters. The summed E-state index contributed by atoms with van der Waals surface area (Å²) in [7, 11) is -1.32. The molecule has 0 aliphatic rings. The van der Waals surface area contributed by atoms with Gasteiger partial charge in [0.25, 0.3) is 0 Å². The third-order valence-corrected chi connectivity index (χ3v) is 1.96. The lowest BCUT2D eigenvalue weighted by Gasteiger charge is -1.94. The molecule has 4 heteroatoms. The molecular formula is C9H9BO3. The first-order valence-corrected chi connectivity index (χ1v) is 4.08. The van der Waals surface area contributed by atoms with Crippen molar-refractivity contribution in [1.29, 1.82) is 0 Å². The molecule has 0 radical (unpaired) electrons. The van der Waals surface area contributed by atoms with Crippen LogP contribution in [-0.2, 0) is 6.32 Å². The zero-order valence-electron chi connectivity index (χ0n) is 6.97. The Balaban J connectivity index is 2.46. The van der Waals surface area contributed by atoms with E-state index in [4.69, 9.17) is 14.5 Å². The fourth-order valence-electron chi connectivity index (χ4n) is 1.39. The van der Waals surface area contributed by atoms with E-state index in [0.29, 0.717) is 0 Å². The van der Waals surface area contributed by atoms with Crippen LogP contribution in [0, 0.1) is 0 Å². The monoisotopic (exact) mass is 176 g/mol. The van der Waals surface area contributed by atoms with Crippen LogP contribution in [0.4, 0.5) is 0 Å². The maximum atomic E-state index is 8.80. The van der Waals surface area contributed by atoms with E-state index >= 15 is 0 Å². The van der Waals surface area contributed by atoms with E-state index in [0.717, 1.165) is 16.5 Å². The normalized spacial score (nSPS) is 10.6. The van der Waals surface area contributed by atoms with Crippen molar-refractivity contribution in [2.75, 3.05) is 0 Å². The van der Waals surface area contributed by atoms with Gasteiger partial charge in [0, 0.05) is 11.7 Å². The molecule has 0 saturated carbocycles. The topological polar surface area (TPSA) is 53.6 Å². The molecule has 2 aromatic rings. The van der Waals surface area contributed by atoms with Gasteiger partial charge in [-0.3, -0.25) is 0 Å². The van der Waals surface area contributed by atoms with Crippen LogP contribution in [0.15, 0.2) is 34.9 Å². The van der Waals surface area contributed by atoms with Gasteiger partial charge >= 0.3 is 7.12 Å². The first kappa shape index (κ1) is 8.35. The smallest absolute Gasteiger partial charge is 0.456 e. The summed E-state index contributed by atoms with van der Waals surface area (Å²) in [5, 5.41) is 18.5. The Hall–Kier alpha value is -1.26. The van der Waals surface area contributed by atoms with E-state index in [9.17, 15) is 0 Å². The van der Waals surface area contributed by atoms with Gasteiger partial charge in [-0.05, 0) is 11.6 Å². The largest absolute Gasteiger partial charge is 0.464 e. The Kier molecular flexibility index (Phi) is 2.08. The molecule has 13 heavy (non-hydrogen) atoms. The van der Waals surface area contributed by atoms with Gasteiger partial charge in [-0.15, -0.1) is 0 Å². The van der Waals surface area contributed by atoms with Crippen LogP contribution in [0.3, 0.4) is 0 Å². The molecule has 1 aromatic heterocycles. The third kappa shape index (κ3) is 1.59. The molecule has 3 nitrogen and oxygen atoms in total. The maximum absolute atomic E-state index is 8.80. The predicted molar refractivity (Wildman–Crippen MR) is 50.1 cm³/mol. The van der Waals surface area contributed by atoms with Crippen LogP contribution in [-0.4, -0.2) is 17.2 Å². The zero-order chi connectivity index (χ0) is 9.26. The highest BCUT2D eigenvalue weighted by atomic mass is 16.4. The minimum Gasteiger partial charge on any atom is -0.464 e. The number of para-hydroxylation sites is 1. The van der Waals surface area contributed by atoms with Gasteiger partial charge in [0.2, 0.25) is 0 Å². The SMILES string of the molecule is OB(O)Cc1coc2ccccc12. The molecule has 0 bridgehead atoms. The zero-order valence-corrected chi connectivity index (χ0v) is 6.97. The van der Waals surface area contributed by atoms with E-state index < -0.39 is 7.12 Å². The second-order valence-corrected chi connectivity index (χ2v) is 2.94. The molecule has 0 aliphatic heterocycles. The second-order valence-electron chi connectivity index (χ2n) is 2.94. The molecular weight excluding hydrogens is 167 g/mol. The third-order valence-electron chi connectivity index (χ3n) is 1.96. The predicted octanol–water partition coefficient (Wildman–Crippen LogP) is 0.987. The minimum absolute atomic E-state index is 0.205. The number of rotatable bonds is 2. The van der Waals surface area contributed by atoms with Gasteiger partial charge in [-0.2, -0.15) is 0 Å². The highest BCUT2D eigenvalue weighted by Gasteiger charge is 2.12. The van der Waals surface area contributed by atoms with Crippen molar-refractivity contribution in [2.24, 2.45) is 0 Å². The van der Waals surface area contributed by atoms with Crippen LogP contribution in [0.1, 0.15) is 5.56 Å². The van der Waals surface area contributed by atoms with Crippen LogP contribution >= 0.6 is 0 Å². The molecule has 0 fully saturated rings. The second kappa shape index (κ2) is 3.24. The molecule has 66 valence electrons. The lowest BCUT2D eigenvalue weighted by atomic mass is 9.82. The van der Waals surface area contributed by atoms with Crippen LogP contribution < -0.4 is 0 Å². The van der Waals surface area contributed by atoms with E-state index in [1.807, 2.05) is 24.3 Å². The summed E-state index contributed by atoms with van der Waals surface area (Å²) in [6.07, 6.45) is 1.76. The molecule has 2 N–H and O–H groups in total. The van der Waals surface area contributed by atoms with Crippen molar-refractivity contribution >= 4 is 18.1 Å². The number of hydrogen-bond donors (Lipinski definition) is 2. The molecule has 0 atom stereocenters. The Labute approximate surface area is 75.8 Å². The van der Waals surface area contributed by atoms with Crippen LogP contribution in [0.2, 0.25) is 0 Å². The van der Waals surface area contributed by atoms with E-state index in [-0.39, 0.29) is 6.32 Å². The molecule has 1 heterocycles. The summed E-state index contributed by atoms with van der Waals surface area (Å²) in [5.74, 6) is 0.